The van der Waals surface area contributed by atoms with Crippen LogP contribution in [0.4, 0.5) is 87.8 Å². The molecule has 0 saturated carbocycles. The second-order valence-electron chi connectivity index (χ2n) is 15.9. The highest BCUT2D eigenvalue weighted by Crippen LogP contribution is 2.36. The van der Waals surface area contributed by atoms with Gasteiger partial charge in [-0.2, -0.15) is 4.57 Å². The van der Waals surface area contributed by atoms with E-state index in [4.69, 9.17) is 4.74 Å². The van der Waals surface area contributed by atoms with Crippen molar-refractivity contribution in [1.29, 1.82) is 0 Å². The van der Waals surface area contributed by atoms with Crippen molar-refractivity contribution in [3.8, 4) is 11.6 Å². The van der Waals surface area contributed by atoms with Crippen LogP contribution < -0.4 is 31.2 Å². The third-order valence-corrected chi connectivity index (χ3v) is 11.9. The lowest BCUT2D eigenvalue weighted by Gasteiger charge is -2.44. The van der Waals surface area contributed by atoms with Crippen LogP contribution in [0.3, 0.4) is 0 Å². The number of carbonyl (C=O) groups is 1. The predicted molar refractivity (Wildman–Crippen MR) is 226 cm³/mol. The van der Waals surface area contributed by atoms with Gasteiger partial charge in [-0.15, -0.1) is 21.9 Å². The Kier molecular flexibility index (Phi) is 14.1. The number of fused-ring (bicyclic) bond motifs is 3. The first kappa shape index (κ1) is 52.8. The van der Waals surface area contributed by atoms with Crippen molar-refractivity contribution in [2.75, 3.05) is 0 Å². The monoisotopic (exact) mass is 1070 g/mol. The van der Waals surface area contributed by atoms with E-state index in [2.05, 4.69) is 23.2 Å². The van der Waals surface area contributed by atoms with Crippen molar-refractivity contribution in [2.45, 2.75) is 6.54 Å². The van der Waals surface area contributed by atoms with Crippen LogP contribution in [-0.2, 0) is 6.54 Å². The van der Waals surface area contributed by atoms with E-state index in [-0.39, 0.29) is 12.3 Å². The van der Waals surface area contributed by atoms with Gasteiger partial charge in [0.1, 0.15) is 64.6 Å². The van der Waals surface area contributed by atoms with Gasteiger partial charge in [-0.25, -0.2) is 92.8 Å². The molecule has 0 aliphatic carbocycles. The first-order chi connectivity index (χ1) is 35.5. The zero-order valence-corrected chi connectivity index (χ0v) is 36.4. The Morgan fingerprint density at radius 3 is 1.15 bits per heavy atom. The summed E-state index contributed by atoms with van der Waals surface area (Å²) in [5, 5.41) is 4.42. The molecule has 8 aromatic carbocycles. The average Bonchev–Trinajstić information content (AvgIpc) is 3.42. The lowest BCUT2D eigenvalue weighted by Crippen LogP contribution is -2.81. The summed E-state index contributed by atoms with van der Waals surface area (Å²) >= 11 is 0. The summed E-state index contributed by atoms with van der Waals surface area (Å²) in [6.07, 6.45) is -2.16. The molecule has 0 aliphatic heterocycles. The van der Waals surface area contributed by atoms with Gasteiger partial charge in [0.2, 0.25) is 12.3 Å². The Morgan fingerprint density at radius 2 is 0.747 bits per heavy atom. The molecular formula is C50H19BF20N2O2. The topological polar surface area (TPSA) is 43.1 Å². The van der Waals surface area contributed by atoms with E-state index in [1.54, 1.807) is 23.2 Å². The number of halogens is 20. The van der Waals surface area contributed by atoms with Crippen LogP contribution in [-0.4, -0.2) is 16.9 Å². The van der Waals surface area contributed by atoms with E-state index in [0.717, 1.165) is 21.9 Å². The number of Topliss-reactive ketones (excluding diaryl/α,β-unsaturated/α-hetero) is 1. The number of nitrogens with zero attached hydrogens (tertiary/aromatic N) is 2. The number of benzene rings is 8. The Morgan fingerprint density at radius 1 is 0.413 bits per heavy atom. The van der Waals surface area contributed by atoms with Gasteiger partial charge in [-0.05, 0) is 22.2 Å². The number of aromatic nitrogens is 2. The second-order valence-corrected chi connectivity index (χ2v) is 15.9. The molecule has 384 valence electrons. The van der Waals surface area contributed by atoms with E-state index >= 15 is 35.1 Å². The fourth-order valence-electron chi connectivity index (χ4n) is 8.55. The molecule has 0 amide bonds. The van der Waals surface area contributed by atoms with E-state index in [1.807, 2.05) is 66.7 Å². The highest BCUT2D eigenvalue weighted by molar-refractivity contribution is 7.20. The van der Waals surface area contributed by atoms with E-state index in [1.165, 1.54) is 5.39 Å². The van der Waals surface area contributed by atoms with Gasteiger partial charge in [-0.1, -0.05) is 78.9 Å². The summed E-state index contributed by atoms with van der Waals surface area (Å²) in [4.78, 5) is 16.9. The molecule has 0 atom stereocenters. The molecule has 1 aromatic heterocycles. The maximum absolute atomic E-state index is 15.4. The number of ketones is 1. The first-order valence-corrected chi connectivity index (χ1v) is 20.7. The standard InChI is InChI=1S/C26H19N2O2.C24BF20/c29-24(19-8-2-1-3-9-19)18-28-15-14-27-17-26(28)30-25-16-20-10-4-5-11-21(20)22-12-6-7-13-23(22)25;26-5-1(6(27)14(35)21(42)13(5)34)25(2-7(28)15(36)22(43)16(37)8(2)29,3-9(30)17(38)23(44)18(39)10(3)31)4-11(32)19(40)24(45)20(41)12(4)33/h1-17H,18H2;/q+1;-1. The molecule has 0 aliphatic rings. The van der Waals surface area contributed by atoms with Gasteiger partial charge in [0, 0.05) is 10.9 Å². The molecular weight excluding hydrogens is 1050 g/mol. The fraction of sp³-hybridized carbons (Fsp3) is 0.0200. The summed E-state index contributed by atoms with van der Waals surface area (Å²) < 4.78 is 302. The van der Waals surface area contributed by atoms with Crippen LogP contribution in [0.15, 0.2) is 104 Å². The lowest BCUT2D eigenvalue weighted by atomic mass is 9.12. The van der Waals surface area contributed by atoms with Crippen molar-refractivity contribution in [1.82, 2.24) is 4.98 Å². The van der Waals surface area contributed by atoms with Crippen molar-refractivity contribution in [3.63, 3.8) is 0 Å². The molecule has 0 N–H and O–H groups in total. The zero-order valence-electron chi connectivity index (χ0n) is 36.4. The second kappa shape index (κ2) is 20.1. The number of ether oxygens (including phenoxy) is 1. The first-order valence-electron chi connectivity index (χ1n) is 20.7. The van der Waals surface area contributed by atoms with Crippen molar-refractivity contribution in [2.24, 2.45) is 0 Å². The highest BCUT2D eigenvalue weighted by atomic mass is 19.2. The smallest absolute Gasteiger partial charge is 0.392 e. The maximum Gasteiger partial charge on any atom is 0.392 e. The normalized spacial score (nSPS) is 11.6. The Balaban J connectivity index is 0.000000215. The van der Waals surface area contributed by atoms with Crippen LogP contribution in [0.1, 0.15) is 10.4 Å². The Labute approximate surface area is 405 Å². The predicted octanol–water partition coefficient (Wildman–Crippen LogP) is 11.2. The van der Waals surface area contributed by atoms with Crippen molar-refractivity contribution in [3.05, 3.63) is 225 Å². The quantitative estimate of drug-likeness (QED) is 0.0275. The summed E-state index contributed by atoms with van der Waals surface area (Å²) in [6.45, 7) is 0.174. The van der Waals surface area contributed by atoms with E-state index < -0.39 is 144 Å². The van der Waals surface area contributed by atoms with Crippen LogP contribution >= 0.6 is 0 Å². The Hall–Kier alpha value is -8.51. The van der Waals surface area contributed by atoms with Crippen molar-refractivity contribution >= 4 is 55.3 Å². The minimum atomic E-state index is -7.22. The summed E-state index contributed by atoms with van der Waals surface area (Å²) in [7, 11) is 0. The molecule has 4 nitrogen and oxygen atoms in total. The molecule has 0 spiro atoms. The molecule has 9 aromatic rings. The fourth-order valence-corrected chi connectivity index (χ4v) is 8.55. The van der Waals surface area contributed by atoms with Gasteiger partial charge in [-0.3, -0.25) is 4.79 Å². The molecule has 75 heavy (non-hydrogen) atoms. The van der Waals surface area contributed by atoms with Crippen LogP contribution in [0.5, 0.6) is 11.6 Å². The van der Waals surface area contributed by atoms with Gasteiger partial charge in [0.05, 0.1) is 6.20 Å². The molecule has 0 radical (unpaired) electrons. The number of hydrogen-bond donors (Lipinski definition) is 0. The Bertz CT molecular complexity index is 3440. The van der Waals surface area contributed by atoms with Crippen LogP contribution in [0.2, 0.25) is 0 Å². The minimum Gasteiger partial charge on any atom is -0.403 e. The minimum absolute atomic E-state index is 0.0139. The van der Waals surface area contributed by atoms with Gasteiger partial charge >= 0.3 is 5.88 Å². The SMILES string of the molecule is Fc1c(F)c(F)c([B-](c2c(F)c(F)c(F)c(F)c2F)(c2c(F)c(F)c(F)c(F)c2F)c2c(F)c(F)c(F)c(F)c2F)c(F)c1F.O=C(C[n+]1ccncc1Oc1cc2ccccc2c2ccccc12)c1ccccc1. The molecule has 0 bridgehead atoms. The van der Waals surface area contributed by atoms with Crippen LogP contribution in [0, 0.1) is 116 Å². The van der Waals surface area contributed by atoms with Crippen molar-refractivity contribution < 1.29 is 102 Å². The zero-order chi connectivity index (χ0) is 54.7. The molecule has 0 fully saturated rings. The lowest BCUT2D eigenvalue weighted by molar-refractivity contribution is -0.687. The number of carbonyl (C=O) groups excluding carboxylic acids is 1. The molecule has 0 unspecified atom stereocenters. The van der Waals surface area contributed by atoms with E-state index in [9.17, 15) is 57.5 Å². The average molecular weight is 1070 g/mol. The maximum atomic E-state index is 15.4. The van der Waals surface area contributed by atoms with Gasteiger partial charge in [0.15, 0.2) is 76.0 Å². The summed E-state index contributed by atoms with van der Waals surface area (Å²) in [5.74, 6) is -70.1. The number of rotatable bonds is 9. The third kappa shape index (κ3) is 8.48. The number of hydrogen-bond acceptors (Lipinski definition) is 3. The van der Waals surface area contributed by atoms with Crippen LogP contribution in [0.25, 0.3) is 21.5 Å². The molecule has 0 saturated heterocycles. The molecule has 1 heterocycles. The summed E-state index contributed by atoms with van der Waals surface area (Å²) in [6, 6.07) is 27.7. The third-order valence-electron chi connectivity index (χ3n) is 11.9. The van der Waals surface area contributed by atoms with E-state index in [0.29, 0.717) is 11.4 Å². The van der Waals surface area contributed by atoms with Gasteiger partial charge < -0.3 is 4.74 Å². The highest BCUT2D eigenvalue weighted by Gasteiger charge is 2.52. The molecule has 9 rings (SSSR count). The molecule has 25 heteroatoms. The summed E-state index contributed by atoms with van der Waals surface area (Å²) in [5.41, 5.74) is -13.7. The van der Waals surface area contributed by atoms with Gasteiger partial charge in [0.25, 0.3) is 0 Å². The largest absolute Gasteiger partial charge is 0.403 e.